The van der Waals surface area contributed by atoms with Gasteiger partial charge in [-0.3, -0.25) is 4.98 Å². The maximum absolute atomic E-state index is 6.10. The summed E-state index contributed by atoms with van der Waals surface area (Å²) in [5, 5.41) is 0. The summed E-state index contributed by atoms with van der Waals surface area (Å²) in [5.41, 5.74) is 8.26. The van der Waals surface area contributed by atoms with Crippen LogP contribution in [0.25, 0.3) is 0 Å². The summed E-state index contributed by atoms with van der Waals surface area (Å²) in [6, 6.07) is 14.1. The fourth-order valence-corrected chi connectivity index (χ4v) is 1.81. The maximum atomic E-state index is 6.10. The smallest absolute Gasteiger partial charge is 0.0575 e. The van der Waals surface area contributed by atoms with Gasteiger partial charge in [-0.1, -0.05) is 30.3 Å². The quantitative estimate of drug-likeness (QED) is 0.936. The Labute approximate surface area is 104 Å². The molecule has 0 aliphatic heterocycles. The topological polar surface area (TPSA) is 38.9 Å². The number of hydrogen-bond acceptors (Lipinski definition) is 2. The highest BCUT2D eigenvalue weighted by atomic mass is 79.9. The van der Waals surface area contributed by atoms with Gasteiger partial charge in [0.05, 0.1) is 11.7 Å². The van der Waals surface area contributed by atoms with Gasteiger partial charge in [-0.05, 0) is 40.0 Å². The van der Waals surface area contributed by atoms with Crippen molar-refractivity contribution in [2.75, 3.05) is 0 Å². The fourth-order valence-electron chi connectivity index (χ4n) is 1.58. The highest BCUT2D eigenvalue weighted by Gasteiger charge is 2.07. The lowest BCUT2D eigenvalue weighted by molar-refractivity contribution is 0.696. The first-order valence-corrected chi connectivity index (χ1v) is 5.96. The van der Waals surface area contributed by atoms with Gasteiger partial charge in [-0.2, -0.15) is 0 Å². The van der Waals surface area contributed by atoms with E-state index in [1.54, 1.807) is 6.20 Å². The van der Waals surface area contributed by atoms with Crippen LogP contribution in [0.4, 0.5) is 0 Å². The highest BCUT2D eigenvalue weighted by molar-refractivity contribution is 9.10. The maximum Gasteiger partial charge on any atom is 0.0575 e. The Morgan fingerprint density at radius 2 is 1.88 bits per heavy atom. The molecule has 2 aromatic rings. The van der Waals surface area contributed by atoms with Crippen molar-refractivity contribution >= 4 is 15.9 Å². The summed E-state index contributed by atoms with van der Waals surface area (Å²) < 4.78 is 0.975. The van der Waals surface area contributed by atoms with E-state index in [1.165, 1.54) is 5.56 Å². The summed E-state index contributed by atoms with van der Waals surface area (Å²) in [5.74, 6) is 0. The zero-order chi connectivity index (χ0) is 11.4. The lowest BCUT2D eigenvalue weighted by atomic mass is 10.0. The number of hydrogen-bond donors (Lipinski definition) is 1. The van der Waals surface area contributed by atoms with Crippen LogP contribution in [0.1, 0.15) is 17.3 Å². The number of pyridine rings is 1. The standard InChI is InChI=1S/C13H13BrN2/c14-11-6-7-13(16-9-11)12(15)8-10-4-2-1-3-5-10/h1-7,9,12H,8,15H2/t12-/m0/s1. The third-order valence-corrected chi connectivity index (χ3v) is 2.90. The number of halogens is 1. The summed E-state index contributed by atoms with van der Waals surface area (Å²) in [6.07, 6.45) is 2.59. The summed E-state index contributed by atoms with van der Waals surface area (Å²) in [4.78, 5) is 4.30. The molecule has 0 saturated heterocycles. The van der Waals surface area contributed by atoms with Crippen LogP contribution in [0.3, 0.4) is 0 Å². The molecule has 0 radical (unpaired) electrons. The first-order chi connectivity index (χ1) is 7.75. The SMILES string of the molecule is N[C@@H](Cc1ccccc1)c1ccc(Br)cn1. The van der Waals surface area contributed by atoms with E-state index in [9.17, 15) is 0 Å². The molecule has 0 amide bonds. The van der Waals surface area contributed by atoms with Crippen molar-refractivity contribution in [3.8, 4) is 0 Å². The van der Waals surface area contributed by atoms with E-state index in [2.05, 4.69) is 33.0 Å². The van der Waals surface area contributed by atoms with Crippen LogP contribution in [-0.2, 0) is 6.42 Å². The lowest BCUT2D eigenvalue weighted by Crippen LogP contribution is -2.14. The molecule has 2 nitrogen and oxygen atoms in total. The van der Waals surface area contributed by atoms with Crippen molar-refractivity contribution in [3.05, 3.63) is 64.4 Å². The van der Waals surface area contributed by atoms with E-state index in [-0.39, 0.29) is 6.04 Å². The van der Waals surface area contributed by atoms with E-state index in [0.29, 0.717) is 0 Å². The highest BCUT2D eigenvalue weighted by Crippen LogP contribution is 2.16. The van der Waals surface area contributed by atoms with Gasteiger partial charge in [0, 0.05) is 10.7 Å². The zero-order valence-electron chi connectivity index (χ0n) is 8.81. The molecule has 0 unspecified atom stereocenters. The zero-order valence-corrected chi connectivity index (χ0v) is 10.4. The molecule has 2 N–H and O–H groups in total. The van der Waals surface area contributed by atoms with Crippen LogP contribution in [0.5, 0.6) is 0 Å². The number of rotatable bonds is 3. The van der Waals surface area contributed by atoms with Crippen LogP contribution >= 0.6 is 15.9 Å². The largest absolute Gasteiger partial charge is 0.322 e. The second-order valence-corrected chi connectivity index (χ2v) is 4.61. The molecular weight excluding hydrogens is 264 g/mol. The molecule has 82 valence electrons. The van der Waals surface area contributed by atoms with E-state index in [4.69, 9.17) is 5.73 Å². The normalized spacial score (nSPS) is 12.4. The number of benzene rings is 1. The molecule has 3 heteroatoms. The second-order valence-electron chi connectivity index (χ2n) is 3.70. The Balaban J connectivity index is 2.09. The molecular formula is C13H13BrN2. The van der Waals surface area contributed by atoms with Gasteiger partial charge in [-0.15, -0.1) is 0 Å². The first-order valence-electron chi connectivity index (χ1n) is 5.16. The van der Waals surface area contributed by atoms with Gasteiger partial charge in [0.1, 0.15) is 0 Å². The van der Waals surface area contributed by atoms with Gasteiger partial charge in [0.15, 0.2) is 0 Å². The molecule has 2 rings (SSSR count). The Hall–Kier alpha value is -1.19. The van der Waals surface area contributed by atoms with E-state index < -0.39 is 0 Å². The molecule has 1 aromatic heterocycles. The molecule has 1 heterocycles. The van der Waals surface area contributed by atoms with Crippen molar-refractivity contribution in [1.29, 1.82) is 0 Å². The van der Waals surface area contributed by atoms with Crippen molar-refractivity contribution < 1.29 is 0 Å². The predicted octanol–water partition coefficient (Wildman–Crippen LogP) is 3.09. The molecule has 1 aromatic carbocycles. The van der Waals surface area contributed by atoms with Gasteiger partial charge in [0.2, 0.25) is 0 Å². The molecule has 1 atom stereocenters. The molecule has 0 saturated carbocycles. The molecule has 0 bridgehead atoms. The van der Waals surface area contributed by atoms with Gasteiger partial charge in [-0.25, -0.2) is 0 Å². The predicted molar refractivity (Wildman–Crippen MR) is 69.0 cm³/mol. The minimum Gasteiger partial charge on any atom is -0.322 e. The summed E-state index contributed by atoms with van der Waals surface area (Å²) in [6.45, 7) is 0. The van der Waals surface area contributed by atoms with Gasteiger partial charge in [0.25, 0.3) is 0 Å². The van der Waals surface area contributed by atoms with Gasteiger partial charge < -0.3 is 5.73 Å². The minimum absolute atomic E-state index is 0.0458. The van der Waals surface area contributed by atoms with E-state index in [0.717, 1.165) is 16.6 Å². The number of aromatic nitrogens is 1. The van der Waals surface area contributed by atoms with E-state index >= 15 is 0 Å². The number of nitrogens with two attached hydrogens (primary N) is 1. The Kier molecular flexibility index (Phi) is 3.70. The third kappa shape index (κ3) is 2.90. The van der Waals surface area contributed by atoms with Crippen molar-refractivity contribution in [2.24, 2.45) is 5.73 Å². The van der Waals surface area contributed by atoms with Crippen LogP contribution < -0.4 is 5.73 Å². The van der Waals surface area contributed by atoms with Gasteiger partial charge >= 0.3 is 0 Å². The first kappa shape index (κ1) is 11.3. The molecule has 0 aliphatic carbocycles. The van der Waals surface area contributed by atoms with Crippen LogP contribution in [0, 0.1) is 0 Å². The summed E-state index contributed by atoms with van der Waals surface area (Å²) >= 11 is 3.36. The lowest BCUT2D eigenvalue weighted by Gasteiger charge is -2.10. The fraction of sp³-hybridized carbons (Fsp3) is 0.154. The van der Waals surface area contributed by atoms with Crippen molar-refractivity contribution in [3.63, 3.8) is 0 Å². The molecule has 0 spiro atoms. The van der Waals surface area contributed by atoms with Crippen molar-refractivity contribution in [2.45, 2.75) is 12.5 Å². The second kappa shape index (κ2) is 5.23. The Morgan fingerprint density at radius 1 is 1.12 bits per heavy atom. The van der Waals surface area contributed by atoms with E-state index in [1.807, 2.05) is 30.3 Å². The average molecular weight is 277 g/mol. The van der Waals surface area contributed by atoms with Crippen molar-refractivity contribution in [1.82, 2.24) is 4.98 Å². The molecule has 0 fully saturated rings. The molecule has 16 heavy (non-hydrogen) atoms. The average Bonchev–Trinajstić information content (AvgIpc) is 2.31. The number of nitrogens with zero attached hydrogens (tertiary/aromatic N) is 1. The third-order valence-electron chi connectivity index (χ3n) is 2.43. The van der Waals surface area contributed by atoms with Crippen LogP contribution in [-0.4, -0.2) is 4.98 Å². The summed E-state index contributed by atoms with van der Waals surface area (Å²) in [7, 11) is 0. The van der Waals surface area contributed by atoms with Crippen LogP contribution in [0.15, 0.2) is 53.1 Å². The monoisotopic (exact) mass is 276 g/mol. The Bertz CT molecular complexity index is 439. The minimum atomic E-state index is -0.0458. The Morgan fingerprint density at radius 3 is 2.50 bits per heavy atom. The van der Waals surface area contributed by atoms with Crippen LogP contribution in [0.2, 0.25) is 0 Å². The molecule has 0 aliphatic rings.